The van der Waals surface area contributed by atoms with Gasteiger partial charge in [0.15, 0.2) is 12.8 Å². The standard InChI is InChI=1S/C28H24N2O3/c1-17-10-12-18(13-11-17)30-26(32)24-23-19-6-2-4-8-21(19)28(16-29-14-15-31,25(24)27(30)33)22-9-5-3-7-20(22)23/h2-13,16,23-25,31H,14-15H2,1H3/p+1/t23?,24-,25+,28?/m0/s1. The van der Waals surface area contributed by atoms with Gasteiger partial charge < -0.3 is 5.11 Å². The molecule has 3 aliphatic carbocycles. The molecule has 33 heavy (non-hydrogen) atoms. The molecule has 3 aromatic carbocycles. The molecule has 4 aliphatic rings. The van der Waals surface area contributed by atoms with Gasteiger partial charge in [0.25, 0.3) is 0 Å². The Morgan fingerprint density at radius 1 is 0.909 bits per heavy atom. The third-order valence-electron chi connectivity index (χ3n) is 7.56. The first-order valence-corrected chi connectivity index (χ1v) is 11.4. The van der Waals surface area contributed by atoms with Crippen LogP contribution in [-0.2, 0) is 15.0 Å². The van der Waals surface area contributed by atoms with Gasteiger partial charge in [0.2, 0.25) is 11.8 Å². The summed E-state index contributed by atoms with van der Waals surface area (Å²) in [6.07, 6.45) is 1.96. The molecule has 0 radical (unpaired) electrons. The van der Waals surface area contributed by atoms with E-state index in [2.05, 4.69) is 29.3 Å². The fourth-order valence-electron chi connectivity index (χ4n) is 6.32. The van der Waals surface area contributed by atoms with Crippen molar-refractivity contribution in [3.8, 4) is 0 Å². The number of carbonyl (C=O) groups is 2. The Hall–Kier alpha value is -3.57. The smallest absolute Gasteiger partial charge is 0.239 e. The number of anilines is 1. The predicted octanol–water partition coefficient (Wildman–Crippen LogP) is 1.69. The maximum Gasteiger partial charge on any atom is 0.239 e. The Bertz CT molecular complexity index is 1260. The summed E-state index contributed by atoms with van der Waals surface area (Å²) in [4.78, 5) is 32.7. The van der Waals surface area contributed by atoms with Crippen molar-refractivity contribution < 1.29 is 19.7 Å². The number of benzene rings is 3. The van der Waals surface area contributed by atoms with E-state index in [0.717, 1.165) is 27.8 Å². The number of amides is 2. The van der Waals surface area contributed by atoms with Crippen molar-refractivity contribution in [3.05, 3.63) is 101 Å². The summed E-state index contributed by atoms with van der Waals surface area (Å²) in [5, 5.41) is 9.44. The van der Waals surface area contributed by atoms with Crippen LogP contribution in [0.5, 0.6) is 0 Å². The van der Waals surface area contributed by atoms with Gasteiger partial charge in [-0.15, -0.1) is 0 Å². The van der Waals surface area contributed by atoms with Crippen LogP contribution in [0.15, 0.2) is 72.8 Å². The second-order valence-corrected chi connectivity index (χ2v) is 9.19. The summed E-state index contributed by atoms with van der Waals surface area (Å²) < 4.78 is 0. The summed E-state index contributed by atoms with van der Waals surface area (Å²) in [6, 6.07) is 23.9. The zero-order valence-electron chi connectivity index (χ0n) is 18.4. The van der Waals surface area contributed by atoms with Crippen molar-refractivity contribution in [1.82, 2.24) is 0 Å². The fraction of sp³-hybridized carbons (Fsp3) is 0.250. The highest BCUT2D eigenvalue weighted by molar-refractivity contribution is 6.24. The first-order chi connectivity index (χ1) is 16.1. The first-order valence-electron chi connectivity index (χ1n) is 11.4. The Labute approximate surface area is 192 Å². The average Bonchev–Trinajstić information content (AvgIpc) is 3.11. The lowest BCUT2D eigenvalue weighted by Crippen LogP contribution is -2.75. The van der Waals surface area contributed by atoms with Crippen LogP contribution < -0.4 is 9.89 Å². The molecule has 1 aliphatic heterocycles. The summed E-state index contributed by atoms with van der Waals surface area (Å²) in [6.45, 7) is 2.34. The van der Waals surface area contributed by atoms with Crippen molar-refractivity contribution in [2.75, 3.05) is 18.1 Å². The van der Waals surface area contributed by atoms with Crippen molar-refractivity contribution in [1.29, 1.82) is 0 Å². The summed E-state index contributed by atoms with van der Waals surface area (Å²) >= 11 is 0. The monoisotopic (exact) mass is 437 g/mol. The molecule has 2 bridgehead atoms. The van der Waals surface area contributed by atoms with E-state index < -0.39 is 17.3 Å². The summed E-state index contributed by atoms with van der Waals surface area (Å²) in [5.41, 5.74) is 5.23. The van der Waals surface area contributed by atoms with Gasteiger partial charge in [-0.1, -0.05) is 66.2 Å². The maximum atomic E-state index is 14.1. The Balaban J connectivity index is 1.63. The number of nitrogens with one attached hydrogen (secondary N) is 1. The van der Waals surface area contributed by atoms with Crippen LogP contribution in [0.3, 0.4) is 0 Å². The number of nitrogens with zero attached hydrogens (tertiary/aromatic N) is 1. The molecule has 5 heteroatoms. The Morgan fingerprint density at radius 2 is 1.52 bits per heavy atom. The normalized spacial score (nSPS) is 27.1. The number of rotatable bonds is 4. The van der Waals surface area contributed by atoms with E-state index in [-0.39, 0.29) is 24.3 Å². The van der Waals surface area contributed by atoms with Gasteiger partial charge in [-0.3, -0.25) is 9.59 Å². The molecular weight excluding hydrogens is 412 g/mol. The number of aliphatic hydroxyl groups is 1. The number of hydrogen-bond donors (Lipinski definition) is 2. The van der Waals surface area contributed by atoms with Gasteiger partial charge in [-0.25, -0.2) is 9.89 Å². The van der Waals surface area contributed by atoms with E-state index in [1.54, 1.807) is 0 Å². The van der Waals surface area contributed by atoms with Gasteiger partial charge in [0.05, 0.1) is 17.5 Å². The molecule has 5 nitrogen and oxygen atoms in total. The quantitative estimate of drug-likeness (QED) is 0.482. The molecule has 7 rings (SSSR count). The van der Waals surface area contributed by atoms with E-state index in [1.807, 2.05) is 61.7 Å². The lowest BCUT2D eigenvalue weighted by Gasteiger charge is -2.51. The van der Waals surface area contributed by atoms with Crippen molar-refractivity contribution in [3.63, 3.8) is 0 Å². The topological polar surface area (TPSA) is 71.6 Å². The van der Waals surface area contributed by atoms with Gasteiger partial charge in [0, 0.05) is 5.92 Å². The van der Waals surface area contributed by atoms with E-state index >= 15 is 0 Å². The number of aryl methyl sites for hydroxylation is 1. The molecule has 2 N–H and O–H groups in total. The first kappa shape index (κ1) is 20.1. The minimum atomic E-state index is -0.798. The van der Waals surface area contributed by atoms with Gasteiger partial charge in [-0.2, -0.15) is 0 Å². The molecule has 2 atom stereocenters. The third-order valence-corrected chi connectivity index (χ3v) is 7.56. The zero-order chi connectivity index (χ0) is 22.7. The minimum absolute atomic E-state index is 0.0189. The molecule has 2 amide bonds. The zero-order valence-corrected chi connectivity index (χ0v) is 18.4. The second kappa shape index (κ2) is 7.22. The third kappa shape index (κ3) is 2.54. The number of carbonyl (C=O) groups excluding carboxylic acids is 2. The largest absolute Gasteiger partial charge is 0.390 e. The molecule has 1 fully saturated rings. The molecule has 3 aromatic rings. The Morgan fingerprint density at radius 3 is 2.12 bits per heavy atom. The molecule has 0 unspecified atom stereocenters. The highest BCUT2D eigenvalue weighted by atomic mass is 16.3. The Kier molecular flexibility index (Phi) is 4.39. The summed E-state index contributed by atoms with van der Waals surface area (Å²) in [5.74, 6) is -1.49. The van der Waals surface area contributed by atoms with Crippen LogP contribution >= 0.6 is 0 Å². The highest BCUT2D eigenvalue weighted by Gasteiger charge is 2.69. The van der Waals surface area contributed by atoms with E-state index in [9.17, 15) is 14.7 Å². The van der Waals surface area contributed by atoms with Crippen LogP contribution in [0, 0.1) is 18.8 Å². The van der Waals surface area contributed by atoms with Crippen LogP contribution in [0.25, 0.3) is 0 Å². The lowest BCUT2D eigenvalue weighted by molar-refractivity contribution is -0.458. The van der Waals surface area contributed by atoms with Crippen molar-refractivity contribution >= 4 is 23.7 Å². The number of imide groups is 1. The molecule has 1 saturated heterocycles. The highest BCUT2D eigenvalue weighted by Crippen LogP contribution is 2.63. The van der Waals surface area contributed by atoms with Crippen molar-refractivity contribution in [2.24, 2.45) is 11.8 Å². The van der Waals surface area contributed by atoms with Crippen LogP contribution in [0.4, 0.5) is 5.69 Å². The van der Waals surface area contributed by atoms with Gasteiger partial charge >= 0.3 is 0 Å². The minimum Gasteiger partial charge on any atom is -0.390 e. The SMILES string of the molecule is Cc1ccc(N2C(=O)[C@H]3C4c5ccccc5C(C=[NH+]CCO)(c5ccccc54)[C@H]3C2=O)cc1. The van der Waals surface area contributed by atoms with E-state index in [4.69, 9.17) is 0 Å². The molecule has 0 saturated carbocycles. The van der Waals surface area contributed by atoms with Gasteiger partial charge in [-0.05, 0) is 41.3 Å². The number of hydrogen-bond acceptors (Lipinski definition) is 3. The lowest BCUT2D eigenvalue weighted by atomic mass is 9.47. The predicted molar refractivity (Wildman–Crippen MR) is 125 cm³/mol. The van der Waals surface area contributed by atoms with Crippen molar-refractivity contribution in [2.45, 2.75) is 18.3 Å². The molecule has 0 aromatic heterocycles. The summed E-state index contributed by atoms with van der Waals surface area (Å²) in [7, 11) is 0. The second-order valence-electron chi connectivity index (χ2n) is 9.19. The molecule has 164 valence electrons. The molecule has 1 heterocycles. The van der Waals surface area contributed by atoms with E-state index in [1.165, 1.54) is 4.90 Å². The average molecular weight is 438 g/mol. The van der Waals surface area contributed by atoms with Crippen LogP contribution in [0.2, 0.25) is 0 Å². The maximum absolute atomic E-state index is 14.1. The molecule has 0 spiro atoms. The van der Waals surface area contributed by atoms with E-state index in [0.29, 0.717) is 12.2 Å². The number of aliphatic hydroxyl groups excluding tert-OH is 1. The van der Waals surface area contributed by atoms with Gasteiger partial charge in [0.1, 0.15) is 12.0 Å². The molecular formula is C28H25N2O3+. The fourth-order valence-corrected chi connectivity index (χ4v) is 6.32. The van der Waals surface area contributed by atoms with Crippen LogP contribution in [0.1, 0.15) is 33.7 Å². The van der Waals surface area contributed by atoms with Crippen LogP contribution in [-0.4, -0.2) is 36.3 Å².